The maximum atomic E-state index is 12.2. The molecule has 0 unspecified atom stereocenters. The summed E-state index contributed by atoms with van der Waals surface area (Å²) in [5.74, 6) is -0.840. The minimum absolute atomic E-state index is 0.0574. The molecule has 0 bridgehead atoms. The third-order valence-electron chi connectivity index (χ3n) is 3.50. The van der Waals surface area contributed by atoms with E-state index in [9.17, 15) is 14.4 Å². The number of rotatable bonds is 8. The van der Waals surface area contributed by atoms with Gasteiger partial charge in [-0.1, -0.05) is 6.92 Å². The number of nitrogens with one attached hydrogen (secondary N) is 2. The highest BCUT2D eigenvalue weighted by atomic mass is 16.5. The first-order chi connectivity index (χ1) is 12.4. The third kappa shape index (κ3) is 5.54. The Morgan fingerprint density at radius 1 is 1.04 bits per heavy atom. The summed E-state index contributed by atoms with van der Waals surface area (Å²) in [5, 5.41) is 4.64. The van der Waals surface area contributed by atoms with Gasteiger partial charge in [-0.2, -0.15) is 0 Å². The normalized spacial score (nSPS) is 11.1. The molecule has 9 nitrogen and oxygen atoms in total. The van der Waals surface area contributed by atoms with Gasteiger partial charge in [-0.15, -0.1) is 0 Å². The number of amides is 3. The topological polar surface area (TPSA) is 112 Å². The van der Waals surface area contributed by atoms with Crippen LogP contribution < -0.4 is 24.8 Å². The molecule has 26 heavy (non-hydrogen) atoms. The van der Waals surface area contributed by atoms with Crippen LogP contribution in [0.2, 0.25) is 0 Å². The van der Waals surface area contributed by atoms with Crippen LogP contribution in [0.1, 0.15) is 30.6 Å². The average molecular weight is 368 g/mol. The van der Waals surface area contributed by atoms with Gasteiger partial charge in [0.25, 0.3) is 5.91 Å². The van der Waals surface area contributed by atoms with Crippen molar-refractivity contribution in [1.29, 1.82) is 0 Å². The molecule has 0 aliphatic carbocycles. The number of ether oxygens (including phenoxy) is 4. The third-order valence-corrected chi connectivity index (χ3v) is 3.50. The number of esters is 1. The molecule has 1 atom stereocenters. The molecule has 2 N–H and O–H groups in total. The van der Waals surface area contributed by atoms with Gasteiger partial charge in [0.2, 0.25) is 5.75 Å². The molecular weight excluding hydrogens is 344 g/mol. The van der Waals surface area contributed by atoms with Crippen molar-refractivity contribution < 1.29 is 33.3 Å². The molecule has 3 amide bonds. The second kappa shape index (κ2) is 10.1. The SMILES string of the molecule is CC[C@H](C)NC(=O)NC(=O)COC(=O)c1ccc(OC)c(OC)c1OC. The van der Waals surface area contributed by atoms with Gasteiger partial charge in [0.05, 0.1) is 21.3 Å². The first kappa shape index (κ1) is 21.1. The van der Waals surface area contributed by atoms with Gasteiger partial charge in [-0.3, -0.25) is 10.1 Å². The van der Waals surface area contributed by atoms with Gasteiger partial charge in [-0.25, -0.2) is 9.59 Å². The molecule has 0 aliphatic heterocycles. The second-order valence-corrected chi connectivity index (χ2v) is 5.29. The largest absolute Gasteiger partial charge is 0.493 e. The fourth-order valence-corrected chi connectivity index (χ4v) is 2.00. The lowest BCUT2D eigenvalue weighted by molar-refractivity contribution is -0.123. The van der Waals surface area contributed by atoms with Crippen LogP contribution in [-0.4, -0.2) is 51.9 Å². The van der Waals surface area contributed by atoms with E-state index in [2.05, 4.69) is 10.6 Å². The van der Waals surface area contributed by atoms with E-state index in [4.69, 9.17) is 18.9 Å². The summed E-state index contributed by atoms with van der Waals surface area (Å²) < 4.78 is 20.4. The Labute approximate surface area is 151 Å². The Balaban J connectivity index is 2.74. The predicted molar refractivity (Wildman–Crippen MR) is 92.8 cm³/mol. The van der Waals surface area contributed by atoms with E-state index in [-0.39, 0.29) is 23.1 Å². The fourth-order valence-electron chi connectivity index (χ4n) is 2.00. The molecule has 0 radical (unpaired) electrons. The lowest BCUT2D eigenvalue weighted by atomic mass is 10.1. The van der Waals surface area contributed by atoms with Crippen LogP contribution in [0.15, 0.2) is 12.1 Å². The van der Waals surface area contributed by atoms with Crippen molar-refractivity contribution in [1.82, 2.24) is 10.6 Å². The highest BCUT2D eigenvalue weighted by Gasteiger charge is 2.22. The molecule has 0 aliphatic rings. The Kier molecular flexibility index (Phi) is 8.20. The maximum Gasteiger partial charge on any atom is 0.342 e. The van der Waals surface area contributed by atoms with Crippen LogP contribution in [0.25, 0.3) is 0 Å². The Morgan fingerprint density at radius 3 is 2.23 bits per heavy atom. The molecule has 0 fully saturated rings. The van der Waals surface area contributed by atoms with Gasteiger partial charge >= 0.3 is 12.0 Å². The number of carbonyl (C=O) groups excluding carboxylic acids is 3. The van der Waals surface area contributed by atoms with Crippen molar-refractivity contribution in [2.24, 2.45) is 0 Å². The van der Waals surface area contributed by atoms with Crippen LogP contribution in [0.5, 0.6) is 17.2 Å². The van der Waals surface area contributed by atoms with E-state index in [1.807, 2.05) is 6.92 Å². The zero-order valence-corrected chi connectivity index (χ0v) is 15.5. The summed E-state index contributed by atoms with van der Waals surface area (Å²) in [6, 6.07) is 2.21. The number of methoxy groups -OCH3 is 3. The van der Waals surface area contributed by atoms with E-state index >= 15 is 0 Å². The predicted octanol–water partition coefficient (Wildman–Crippen LogP) is 1.49. The molecule has 0 heterocycles. The van der Waals surface area contributed by atoms with E-state index < -0.39 is 24.5 Å². The maximum absolute atomic E-state index is 12.2. The monoisotopic (exact) mass is 368 g/mol. The Hall–Kier alpha value is -2.97. The van der Waals surface area contributed by atoms with Crippen molar-refractivity contribution in [3.8, 4) is 17.2 Å². The summed E-state index contributed by atoms with van der Waals surface area (Å²) in [7, 11) is 4.21. The fraction of sp³-hybridized carbons (Fsp3) is 0.471. The highest BCUT2D eigenvalue weighted by molar-refractivity contribution is 5.98. The first-order valence-corrected chi connectivity index (χ1v) is 7.94. The number of hydrogen-bond donors (Lipinski definition) is 2. The zero-order chi connectivity index (χ0) is 19.7. The lowest BCUT2D eigenvalue weighted by Gasteiger charge is -2.15. The van der Waals surface area contributed by atoms with Gasteiger partial charge in [0, 0.05) is 6.04 Å². The second-order valence-electron chi connectivity index (χ2n) is 5.29. The van der Waals surface area contributed by atoms with Gasteiger partial charge < -0.3 is 24.3 Å². The Morgan fingerprint density at radius 2 is 1.69 bits per heavy atom. The molecule has 1 aromatic rings. The van der Waals surface area contributed by atoms with E-state index in [0.717, 1.165) is 6.42 Å². The average Bonchev–Trinajstić information content (AvgIpc) is 2.64. The van der Waals surface area contributed by atoms with Crippen LogP contribution in [0, 0.1) is 0 Å². The standard InChI is InChI=1S/C17H24N2O7/c1-6-10(2)18-17(22)19-13(20)9-26-16(21)11-7-8-12(23-3)15(25-5)14(11)24-4/h7-8,10H,6,9H2,1-5H3,(H2,18,19,20,22)/t10-/m0/s1. The van der Waals surface area contributed by atoms with E-state index in [0.29, 0.717) is 5.75 Å². The quantitative estimate of drug-likeness (QED) is 0.669. The number of benzene rings is 1. The summed E-state index contributed by atoms with van der Waals surface area (Å²) >= 11 is 0. The van der Waals surface area contributed by atoms with Crippen molar-refractivity contribution in [3.63, 3.8) is 0 Å². The molecule has 0 saturated carbocycles. The Bertz CT molecular complexity index is 661. The zero-order valence-electron chi connectivity index (χ0n) is 15.5. The molecule has 1 rings (SSSR count). The molecule has 1 aromatic carbocycles. The summed E-state index contributed by atoms with van der Waals surface area (Å²) in [5.41, 5.74) is 0.0574. The van der Waals surface area contributed by atoms with Crippen molar-refractivity contribution in [2.75, 3.05) is 27.9 Å². The highest BCUT2D eigenvalue weighted by Crippen LogP contribution is 2.39. The smallest absolute Gasteiger partial charge is 0.342 e. The van der Waals surface area contributed by atoms with Gasteiger partial charge in [0.15, 0.2) is 18.1 Å². The molecular formula is C17H24N2O7. The number of hydrogen-bond acceptors (Lipinski definition) is 7. The van der Waals surface area contributed by atoms with Crippen molar-refractivity contribution in [3.05, 3.63) is 17.7 Å². The van der Waals surface area contributed by atoms with Crippen LogP contribution in [-0.2, 0) is 9.53 Å². The van der Waals surface area contributed by atoms with Crippen molar-refractivity contribution in [2.45, 2.75) is 26.3 Å². The minimum Gasteiger partial charge on any atom is -0.493 e. The number of imide groups is 1. The molecule has 9 heteroatoms. The molecule has 0 saturated heterocycles. The first-order valence-electron chi connectivity index (χ1n) is 7.94. The van der Waals surface area contributed by atoms with E-state index in [1.165, 1.54) is 33.5 Å². The van der Waals surface area contributed by atoms with Crippen LogP contribution in [0.3, 0.4) is 0 Å². The van der Waals surface area contributed by atoms with Gasteiger partial charge in [-0.05, 0) is 25.5 Å². The number of urea groups is 1. The van der Waals surface area contributed by atoms with Crippen LogP contribution >= 0.6 is 0 Å². The number of carbonyl (C=O) groups is 3. The summed E-state index contributed by atoms with van der Waals surface area (Å²) in [4.78, 5) is 35.5. The lowest BCUT2D eigenvalue weighted by Crippen LogP contribution is -2.44. The minimum atomic E-state index is -0.805. The van der Waals surface area contributed by atoms with Crippen LogP contribution in [0.4, 0.5) is 4.79 Å². The molecule has 144 valence electrons. The molecule has 0 spiro atoms. The summed E-state index contributed by atoms with van der Waals surface area (Å²) in [6.07, 6.45) is 0.718. The van der Waals surface area contributed by atoms with E-state index in [1.54, 1.807) is 6.92 Å². The summed E-state index contributed by atoms with van der Waals surface area (Å²) in [6.45, 7) is 3.07. The van der Waals surface area contributed by atoms with Gasteiger partial charge in [0.1, 0.15) is 5.56 Å². The van der Waals surface area contributed by atoms with Crippen molar-refractivity contribution >= 4 is 17.9 Å². The molecule has 0 aromatic heterocycles.